The molecule has 0 amide bonds. The Balaban J connectivity index is 3.86. The van der Waals surface area contributed by atoms with Crippen molar-refractivity contribution in [2.45, 2.75) is 60.3 Å². The van der Waals surface area contributed by atoms with E-state index in [0.717, 1.165) is 5.57 Å². The van der Waals surface area contributed by atoms with E-state index in [0.29, 0.717) is 12.8 Å². The molecular formula is C23H34O4. The SMILES string of the molecule is C=CC[C@@H]1C[C@](CC=C)(C(=O)OC)C(=O)[C@](CC=C(C)C)(C(C)=O)C1(C)C. The Kier molecular flexibility index (Phi) is 7.15. The molecule has 0 aromatic heterocycles. The normalized spacial score (nSPS) is 29.6. The molecule has 0 aromatic carbocycles. The highest BCUT2D eigenvalue weighted by molar-refractivity contribution is 6.17. The number of methoxy groups -OCH3 is 1. The van der Waals surface area contributed by atoms with Crippen LogP contribution in [0.25, 0.3) is 0 Å². The summed E-state index contributed by atoms with van der Waals surface area (Å²) in [5.74, 6) is -1.20. The molecule has 1 saturated carbocycles. The summed E-state index contributed by atoms with van der Waals surface area (Å²) in [6.45, 7) is 16.9. The lowest BCUT2D eigenvalue weighted by molar-refractivity contribution is -0.180. The number of ketones is 2. The smallest absolute Gasteiger partial charge is 0.319 e. The third-order valence-corrected chi connectivity index (χ3v) is 6.48. The Morgan fingerprint density at radius 3 is 2.15 bits per heavy atom. The zero-order chi connectivity index (χ0) is 21.0. The van der Waals surface area contributed by atoms with Gasteiger partial charge in [-0.3, -0.25) is 14.4 Å². The fourth-order valence-electron chi connectivity index (χ4n) is 4.74. The van der Waals surface area contributed by atoms with Crippen LogP contribution in [0.4, 0.5) is 0 Å². The van der Waals surface area contributed by atoms with Gasteiger partial charge in [0, 0.05) is 0 Å². The average Bonchev–Trinajstić information content (AvgIpc) is 2.58. The summed E-state index contributed by atoms with van der Waals surface area (Å²) >= 11 is 0. The van der Waals surface area contributed by atoms with Crippen molar-refractivity contribution in [2.75, 3.05) is 7.11 Å². The minimum Gasteiger partial charge on any atom is -0.468 e. The van der Waals surface area contributed by atoms with E-state index < -0.39 is 22.2 Å². The van der Waals surface area contributed by atoms with Gasteiger partial charge in [0.25, 0.3) is 0 Å². The first kappa shape index (κ1) is 23.1. The van der Waals surface area contributed by atoms with Crippen LogP contribution in [0, 0.1) is 22.2 Å². The molecule has 4 nitrogen and oxygen atoms in total. The van der Waals surface area contributed by atoms with E-state index in [-0.39, 0.29) is 30.3 Å². The van der Waals surface area contributed by atoms with E-state index in [1.165, 1.54) is 14.0 Å². The predicted octanol–water partition coefficient (Wildman–Crippen LogP) is 4.84. The zero-order valence-electron chi connectivity index (χ0n) is 17.7. The van der Waals surface area contributed by atoms with E-state index >= 15 is 0 Å². The fourth-order valence-corrected chi connectivity index (χ4v) is 4.74. The minimum absolute atomic E-state index is 0.0683. The molecule has 0 aromatic rings. The van der Waals surface area contributed by atoms with Crippen LogP contribution >= 0.6 is 0 Å². The topological polar surface area (TPSA) is 60.4 Å². The van der Waals surface area contributed by atoms with Crippen LogP contribution in [0.1, 0.15) is 60.3 Å². The molecule has 27 heavy (non-hydrogen) atoms. The maximum Gasteiger partial charge on any atom is 0.319 e. The van der Waals surface area contributed by atoms with Gasteiger partial charge in [0.2, 0.25) is 0 Å². The van der Waals surface area contributed by atoms with Gasteiger partial charge in [0.1, 0.15) is 11.2 Å². The first-order valence-corrected chi connectivity index (χ1v) is 9.47. The molecule has 0 saturated heterocycles. The Bertz CT molecular complexity index is 666. The molecule has 150 valence electrons. The van der Waals surface area contributed by atoms with Gasteiger partial charge in [-0.2, -0.15) is 0 Å². The molecule has 0 aliphatic heterocycles. The third kappa shape index (κ3) is 3.59. The molecular weight excluding hydrogens is 340 g/mol. The summed E-state index contributed by atoms with van der Waals surface area (Å²) < 4.78 is 5.05. The van der Waals surface area contributed by atoms with Gasteiger partial charge in [-0.1, -0.05) is 37.6 Å². The summed E-state index contributed by atoms with van der Waals surface area (Å²) in [5.41, 5.74) is -2.29. The van der Waals surface area contributed by atoms with Gasteiger partial charge in [-0.15, -0.1) is 13.2 Å². The summed E-state index contributed by atoms with van der Waals surface area (Å²) in [7, 11) is 1.29. The predicted molar refractivity (Wildman–Crippen MR) is 108 cm³/mol. The molecule has 4 heteroatoms. The second-order valence-corrected chi connectivity index (χ2v) is 8.49. The van der Waals surface area contributed by atoms with Gasteiger partial charge in [0.15, 0.2) is 5.78 Å². The average molecular weight is 375 g/mol. The van der Waals surface area contributed by atoms with E-state index in [1.807, 2.05) is 33.8 Å². The van der Waals surface area contributed by atoms with Crippen LogP contribution < -0.4 is 0 Å². The molecule has 1 aliphatic carbocycles. The number of hydrogen-bond acceptors (Lipinski definition) is 4. The zero-order valence-corrected chi connectivity index (χ0v) is 17.7. The number of esters is 1. The highest BCUT2D eigenvalue weighted by Gasteiger charge is 2.68. The van der Waals surface area contributed by atoms with Gasteiger partial charge in [0.05, 0.1) is 12.5 Å². The van der Waals surface area contributed by atoms with Gasteiger partial charge >= 0.3 is 5.97 Å². The van der Waals surface area contributed by atoms with Crippen molar-refractivity contribution in [3.8, 4) is 0 Å². The van der Waals surface area contributed by atoms with Crippen molar-refractivity contribution < 1.29 is 19.1 Å². The fraction of sp³-hybridized carbons (Fsp3) is 0.609. The number of hydrogen-bond donors (Lipinski definition) is 0. The lowest BCUT2D eigenvalue weighted by atomic mass is 9.43. The van der Waals surface area contributed by atoms with Crippen molar-refractivity contribution in [1.29, 1.82) is 0 Å². The lowest BCUT2D eigenvalue weighted by Crippen LogP contribution is -2.64. The molecule has 1 aliphatic rings. The number of carbonyl (C=O) groups is 3. The summed E-state index contributed by atoms with van der Waals surface area (Å²) in [4.78, 5) is 39.9. The molecule has 3 atom stereocenters. The molecule has 0 bridgehead atoms. The maximum absolute atomic E-state index is 14.0. The molecule has 1 fully saturated rings. The van der Waals surface area contributed by atoms with Crippen LogP contribution in [0.3, 0.4) is 0 Å². The van der Waals surface area contributed by atoms with E-state index in [2.05, 4.69) is 13.2 Å². The molecule has 0 spiro atoms. The van der Waals surface area contributed by atoms with E-state index in [9.17, 15) is 14.4 Å². The highest BCUT2D eigenvalue weighted by atomic mass is 16.5. The van der Waals surface area contributed by atoms with Gasteiger partial charge in [-0.05, 0) is 57.8 Å². The van der Waals surface area contributed by atoms with E-state index in [4.69, 9.17) is 4.74 Å². The monoisotopic (exact) mass is 374 g/mol. The van der Waals surface area contributed by atoms with Crippen molar-refractivity contribution in [3.63, 3.8) is 0 Å². The van der Waals surface area contributed by atoms with Crippen LogP contribution in [0.15, 0.2) is 37.0 Å². The largest absolute Gasteiger partial charge is 0.468 e. The Labute approximate surface area is 163 Å². The standard InChI is InChI=1S/C23H34O4/c1-9-11-18-15-22(13-10-2,20(26)27-8)19(25)23(17(5)24,21(18,6)7)14-12-16(3)4/h9-10,12,18H,1-2,11,13-15H2,3-8H3/t18-,22+,23+/m1/s1. The molecule has 0 radical (unpaired) electrons. The Morgan fingerprint density at radius 2 is 1.74 bits per heavy atom. The van der Waals surface area contributed by atoms with Gasteiger partial charge in [-0.25, -0.2) is 0 Å². The summed E-state index contributed by atoms with van der Waals surface area (Å²) in [6, 6.07) is 0. The van der Waals surface area contributed by atoms with Crippen LogP contribution in [0.2, 0.25) is 0 Å². The quantitative estimate of drug-likeness (QED) is 0.346. The Hall–Kier alpha value is -1.97. The number of Topliss-reactive ketones (excluding diaryl/α,β-unsaturated/α-hetero) is 2. The number of ether oxygens (including phenoxy) is 1. The van der Waals surface area contributed by atoms with E-state index in [1.54, 1.807) is 12.2 Å². The third-order valence-electron chi connectivity index (χ3n) is 6.48. The van der Waals surface area contributed by atoms with Crippen LogP contribution in [-0.2, 0) is 19.1 Å². The lowest BCUT2D eigenvalue weighted by Gasteiger charge is -2.56. The number of allylic oxidation sites excluding steroid dienone is 4. The van der Waals surface area contributed by atoms with Gasteiger partial charge < -0.3 is 4.74 Å². The number of rotatable bonds is 8. The van der Waals surface area contributed by atoms with Crippen molar-refractivity contribution in [2.24, 2.45) is 22.2 Å². The highest BCUT2D eigenvalue weighted by Crippen LogP contribution is 2.61. The molecule has 1 rings (SSSR count). The Morgan fingerprint density at radius 1 is 1.15 bits per heavy atom. The minimum atomic E-state index is -1.39. The maximum atomic E-state index is 14.0. The van der Waals surface area contributed by atoms with Crippen LogP contribution in [-0.4, -0.2) is 24.6 Å². The van der Waals surface area contributed by atoms with Crippen LogP contribution in [0.5, 0.6) is 0 Å². The second-order valence-electron chi connectivity index (χ2n) is 8.49. The first-order valence-electron chi connectivity index (χ1n) is 9.47. The molecule has 0 N–H and O–H groups in total. The van der Waals surface area contributed by atoms with Crippen molar-refractivity contribution in [3.05, 3.63) is 37.0 Å². The summed E-state index contributed by atoms with van der Waals surface area (Å²) in [6.07, 6.45) is 6.67. The van der Waals surface area contributed by atoms with Crippen molar-refractivity contribution >= 4 is 17.5 Å². The first-order chi connectivity index (χ1) is 12.5. The molecule has 0 heterocycles. The summed E-state index contributed by atoms with van der Waals surface area (Å²) in [5, 5.41) is 0. The number of carbonyl (C=O) groups excluding carboxylic acids is 3. The second kappa shape index (κ2) is 8.37. The molecule has 0 unspecified atom stereocenters. The van der Waals surface area contributed by atoms with Crippen molar-refractivity contribution in [1.82, 2.24) is 0 Å².